The van der Waals surface area contributed by atoms with Gasteiger partial charge in [-0.3, -0.25) is 9.69 Å². The third kappa shape index (κ3) is 6.09. The minimum atomic E-state index is -3.52. The quantitative estimate of drug-likeness (QED) is 0.776. The molecule has 0 saturated carbocycles. The smallest absolute Gasteiger partial charge is 0.240 e. The van der Waals surface area contributed by atoms with Gasteiger partial charge in [0.15, 0.2) is 0 Å². The van der Waals surface area contributed by atoms with Crippen molar-refractivity contribution in [1.29, 1.82) is 0 Å². The summed E-state index contributed by atoms with van der Waals surface area (Å²) in [6, 6.07) is 6.17. The number of nitrogens with one attached hydrogen (secondary N) is 2. The molecule has 0 spiro atoms. The van der Waals surface area contributed by atoms with Gasteiger partial charge in [-0.2, -0.15) is 0 Å². The number of carbonyl (C=O) groups excluding carboxylic acids is 1. The second-order valence-corrected chi connectivity index (χ2v) is 8.68. The van der Waals surface area contributed by atoms with Gasteiger partial charge >= 0.3 is 0 Å². The summed E-state index contributed by atoms with van der Waals surface area (Å²) in [5.41, 5.74) is 0.609. The maximum absolute atomic E-state index is 12.2. The second-order valence-electron chi connectivity index (χ2n) is 6.96. The van der Waals surface area contributed by atoms with Gasteiger partial charge in [0.1, 0.15) is 0 Å². The molecule has 7 heteroatoms. The summed E-state index contributed by atoms with van der Waals surface area (Å²) < 4.78 is 27.1. The molecule has 0 aromatic heterocycles. The fraction of sp³-hybridized carbons (Fsp3) is 0.611. The Morgan fingerprint density at radius 2 is 1.84 bits per heavy atom. The first-order valence-electron chi connectivity index (χ1n) is 8.94. The van der Waals surface area contributed by atoms with Gasteiger partial charge in [0.25, 0.3) is 0 Å². The zero-order valence-electron chi connectivity index (χ0n) is 15.3. The number of rotatable bonds is 7. The van der Waals surface area contributed by atoms with Gasteiger partial charge < -0.3 is 5.32 Å². The van der Waals surface area contributed by atoms with E-state index in [9.17, 15) is 13.2 Å². The van der Waals surface area contributed by atoms with Crippen LogP contribution in [0.2, 0.25) is 0 Å². The van der Waals surface area contributed by atoms with Crippen molar-refractivity contribution in [1.82, 2.24) is 9.62 Å². The number of sulfonamides is 1. The van der Waals surface area contributed by atoms with Crippen molar-refractivity contribution in [3.05, 3.63) is 24.3 Å². The third-order valence-electron chi connectivity index (χ3n) is 4.66. The van der Waals surface area contributed by atoms with Crippen LogP contribution in [0.5, 0.6) is 0 Å². The summed E-state index contributed by atoms with van der Waals surface area (Å²) in [6.07, 6.45) is 2.98. The number of anilines is 1. The van der Waals surface area contributed by atoms with Crippen LogP contribution in [0.3, 0.4) is 0 Å². The Morgan fingerprint density at radius 3 is 2.40 bits per heavy atom. The molecule has 1 saturated heterocycles. The van der Waals surface area contributed by atoms with Gasteiger partial charge in [0.05, 0.1) is 11.4 Å². The number of piperidine rings is 1. The number of likely N-dealkylation sites (tertiary alicyclic amines) is 1. The minimum Gasteiger partial charge on any atom is -0.325 e. The van der Waals surface area contributed by atoms with Crippen molar-refractivity contribution in [3.63, 3.8) is 0 Å². The number of benzene rings is 1. The Balaban J connectivity index is 1.90. The molecule has 25 heavy (non-hydrogen) atoms. The topological polar surface area (TPSA) is 78.5 Å². The first-order valence-corrected chi connectivity index (χ1v) is 10.4. The van der Waals surface area contributed by atoms with Crippen molar-refractivity contribution >= 4 is 21.6 Å². The SMILES string of the molecule is CC[C@@H](C)NS(=O)(=O)c1ccc(NC(=O)CN2CCC(C)CC2)cc1. The van der Waals surface area contributed by atoms with E-state index in [-0.39, 0.29) is 16.8 Å². The average Bonchev–Trinajstić information content (AvgIpc) is 2.57. The Bertz CT molecular complexity index is 665. The average molecular weight is 368 g/mol. The molecule has 2 rings (SSSR count). The lowest BCUT2D eigenvalue weighted by atomic mass is 9.99. The first kappa shape index (κ1) is 19.9. The summed E-state index contributed by atoms with van der Waals surface area (Å²) in [5.74, 6) is 0.667. The van der Waals surface area contributed by atoms with Crippen LogP contribution in [0.25, 0.3) is 0 Å². The predicted molar refractivity (Wildman–Crippen MR) is 100.0 cm³/mol. The van der Waals surface area contributed by atoms with E-state index in [2.05, 4.69) is 21.9 Å². The van der Waals surface area contributed by atoms with Gasteiger partial charge in [-0.15, -0.1) is 0 Å². The normalized spacial score (nSPS) is 18.0. The number of hydrogen-bond acceptors (Lipinski definition) is 4. The van der Waals surface area contributed by atoms with Crippen molar-refractivity contribution < 1.29 is 13.2 Å². The van der Waals surface area contributed by atoms with E-state index in [4.69, 9.17) is 0 Å². The van der Waals surface area contributed by atoms with Gasteiger partial charge in [-0.05, 0) is 69.5 Å². The highest BCUT2D eigenvalue weighted by atomic mass is 32.2. The Labute approximate surface area is 151 Å². The van der Waals surface area contributed by atoms with E-state index in [1.807, 2.05) is 13.8 Å². The number of amides is 1. The summed E-state index contributed by atoms with van der Waals surface area (Å²) in [4.78, 5) is 14.5. The molecule has 1 aromatic carbocycles. The molecule has 0 unspecified atom stereocenters. The number of nitrogens with zero attached hydrogens (tertiary/aromatic N) is 1. The first-order chi connectivity index (χ1) is 11.8. The fourth-order valence-corrected chi connectivity index (χ4v) is 4.08. The zero-order chi connectivity index (χ0) is 18.4. The lowest BCUT2D eigenvalue weighted by Gasteiger charge is -2.29. The Morgan fingerprint density at radius 1 is 1.24 bits per heavy atom. The molecule has 6 nitrogen and oxygen atoms in total. The molecule has 1 aromatic rings. The standard InChI is InChI=1S/C18H29N3O3S/c1-4-15(3)20-25(23,24)17-7-5-16(6-8-17)19-18(22)13-21-11-9-14(2)10-12-21/h5-8,14-15,20H,4,9-13H2,1-3H3,(H,19,22)/t15-/m1/s1. The van der Waals surface area contributed by atoms with Crippen LogP contribution in [0.4, 0.5) is 5.69 Å². The van der Waals surface area contributed by atoms with Crippen molar-refractivity contribution in [2.45, 2.75) is 51.0 Å². The molecule has 1 heterocycles. The van der Waals surface area contributed by atoms with Crippen molar-refractivity contribution in [3.8, 4) is 0 Å². The molecule has 2 N–H and O–H groups in total. The van der Waals surface area contributed by atoms with Crippen molar-refractivity contribution in [2.24, 2.45) is 5.92 Å². The molecular formula is C18H29N3O3S. The lowest BCUT2D eigenvalue weighted by Crippen LogP contribution is -2.38. The maximum atomic E-state index is 12.2. The van der Waals surface area contributed by atoms with Gasteiger partial charge in [-0.25, -0.2) is 13.1 Å². The molecule has 140 valence electrons. The lowest BCUT2D eigenvalue weighted by molar-refractivity contribution is -0.117. The summed E-state index contributed by atoms with van der Waals surface area (Å²) >= 11 is 0. The molecule has 0 bridgehead atoms. The van der Waals surface area contributed by atoms with Crippen LogP contribution in [0.1, 0.15) is 40.0 Å². The molecule has 1 aliphatic heterocycles. The van der Waals surface area contributed by atoms with Crippen LogP contribution < -0.4 is 10.0 Å². The Kier molecular flexibility index (Phi) is 6.98. The van der Waals surface area contributed by atoms with E-state index in [1.165, 1.54) is 12.1 Å². The number of hydrogen-bond donors (Lipinski definition) is 2. The highest BCUT2D eigenvalue weighted by Crippen LogP contribution is 2.17. The largest absolute Gasteiger partial charge is 0.325 e. The summed E-state index contributed by atoms with van der Waals surface area (Å²) in [6.45, 7) is 8.27. The van der Waals surface area contributed by atoms with Crippen LogP contribution in [-0.4, -0.2) is 44.9 Å². The molecule has 1 atom stereocenters. The van der Waals surface area contributed by atoms with Crippen LogP contribution in [-0.2, 0) is 14.8 Å². The third-order valence-corrected chi connectivity index (χ3v) is 6.27. The van der Waals surface area contributed by atoms with E-state index >= 15 is 0 Å². The predicted octanol–water partition coefficient (Wildman–Crippen LogP) is 2.43. The molecule has 0 radical (unpaired) electrons. The minimum absolute atomic E-state index is 0.0668. The Hall–Kier alpha value is -1.44. The van der Waals surface area contributed by atoms with Gasteiger partial charge in [-0.1, -0.05) is 13.8 Å². The maximum Gasteiger partial charge on any atom is 0.240 e. The van der Waals surface area contributed by atoms with Crippen molar-refractivity contribution in [2.75, 3.05) is 25.0 Å². The number of carbonyl (C=O) groups is 1. The molecule has 1 aliphatic rings. The second kappa shape index (κ2) is 8.78. The van der Waals surface area contributed by atoms with E-state index in [0.717, 1.165) is 38.3 Å². The zero-order valence-corrected chi connectivity index (χ0v) is 16.1. The van der Waals surface area contributed by atoms with E-state index in [0.29, 0.717) is 12.2 Å². The van der Waals surface area contributed by atoms with Crippen LogP contribution >= 0.6 is 0 Å². The van der Waals surface area contributed by atoms with Gasteiger partial charge in [0.2, 0.25) is 15.9 Å². The van der Waals surface area contributed by atoms with E-state index < -0.39 is 10.0 Å². The van der Waals surface area contributed by atoms with Gasteiger partial charge in [0, 0.05) is 11.7 Å². The van der Waals surface area contributed by atoms with Crippen LogP contribution in [0.15, 0.2) is 29.2 Å². The van der Waals surface area contributed by atoms with E-state index in [1.54, 1.807) is 12.1 Å². The highest BCUT2D eigenvalue weighted by Gasteiger charge is 2.19. The monoisotopic (exact) mass is 367 g/mol. The molecule has 0 aliphatic carbocycles. The summed E-state index contributed by atoms with van der Waals surface area (Å²) in [5, 5.41) is 2.84. The molecule has 1 fully saturated rings. The molecule has 1 amide bonds. The fourth-order valence-electron chi connectivity index (χ4n) is 2.76. The molecular weight excluding hydrogens is 338 g/mol. The highest BCUT2D eigenvalue weighted by molar-refractivity contribution is 7.89. The summed E-state index contributed by atoms with van der Waals surface area (Å²) in [7, 11) is -3.52. The van der Waals surface area contributed by atoms with Crippen LogP contribution in [0, 0.1) is 5.92 Å².